The lowest BCUT2D eigenvalue weighted by molar-refractivity contribution is -0.127. The number of nitrogens with one attached hydrogen (secondary N) is 2. The summed E-state index contributed by atoms with van der Waals surface area (Å²) in [5.41, 5.74) is 0. The van der Waals surface area contributed by atoms with Crippen LogP contribution in [-0.4, -0.2) is 61.5 Å². The minimum Gasteiger partial charge on any atom is -0.357 e. The Morgan fingerprint density at radius 3 is 2.68 bits per heavy atom. The molecule has 0 bridgehead atoms. The number of likely N-dealkylation sites (N-methyl/N-ethyl adjacent to an activating group) is 1. The highest BCUT2D eigenvalue weighted by atomic mass is 32.2. The van der Waals surface area contributed by atoms with Crippen LogP contribution in [-0.2, 0) is 4.79 Å². The summed E-state index contributed by atoms with van der Waals surface area (Å²) in [5, 5.41) is 7.38. The van der Waals surface area contributed by atoms with E-state index in [-0.39, 0.29) is 12.5 Å². The van der Waals surface area contributed by atoms with E-state index in [1.54, 1.807) is 19.0 Å². The van der Waals surface area contributed by atoms with Crippen molar-refractivity contribution in [2.75, 3.05) is 33.4 Å². The van der Waals surface area contributed by atoms with Crippen LogP contribution in [0.5, 0.6) is 0 Å². The zero-order valence-corrected chi connectivity index (χ0v) is 13.2. The van der Waals surface area contributed by atoms with Gasteiger partial charge in [-0.25, -0.2) is 4.99 Å². The van der Waals surface area contributed by atoms with Crippen molar-refractivity contribution >= 4 is 23.6 Å². The molecule has 0 heterocycles. The third kappa shape index (κ3) is 5.72. The highest BCUT2D eigenvalue weighted by molar-refractivity contribution is 7.99. The average Bonchev–Trinajstić information content (AvgIpc) is 2.83. The number of hydrogen-bond acceptors (Lipinski definition) is 3. The molecule has 5 nitrogen and oxygen atoms in total. The van der Waals surface area contributed by atoms with Gasteiger partial charge in [-0.2, -0.15) is 11.8 Å². The van der Waals surface area contributed by atoms with Crippen LogP contribution in [0.15, 0.2) is 4.99 Å². The SMILES string of the molecule is CCNC(=NCC(=O)N(C)C)NC1CCC(SC)C1. The number of thioether (sulfide) groups is 1. The second-order valence-corrected chi connectivity index (χ2v) is 6.13. The van der Waals surface area contributed by atoms with Gasteiger partial charge in [-0.3, -0.25) is 4.79 Å². The fourth-order valence-corrected chi connectivity index (χ4v) is 2.88. The van der Waals surface area contributed by atoms with E-state index in [1.807, 2.05) is 18.7 Å². The molecule has 0 saturated heterocycles. The fourth-order valence-electron chi connectivity index (χ4n) is 2.09. The van der Waals surface area contributed by atoms with E-state index in [9.17, 15) is 4.79 Å². The molecule has 0 aromatic carbocycles. The van der Waals surface area contributed by atoms with Gasteiger partial charge in [0.25, 0.3) is 0 Å². The maximum Gasteiger partial charge on any atom is 0.243 e. The summed E-state index contributed by atoms with van der Waals surface area (Å²) < 4.78 is 0. The maximum absolute atomic E-state index is 11.5. The number of hydrogen-bond donors (Lipinski definition) is 2. The molecular formula is C13H26N4OS. The third-order valence-electron chi connectivity index (χ3n) is 3.27. The van der Waals surface area contributed by atoms with Crippen LogP contribution in [0.25, 0.3) is 0 Å². The number of amides is 1. The lowest BCUT2D eigenvalue weighted by Gasteiger charge is -2.17. The Morgan fingerprint density at radius 2 is 2.16 bits per heavy atom. The predicted octanol–water partition coefficient (Wildman–Crippen LogP) is 0.914. The number of rotatable bonds is 5. The molecule has 1 fully saturated rings. The molecule has 1 aliphatic carbocycles. The fraction of sp³-hybridized carbons (Fsp3) is 0.846. The largest absolute Gasteiger partial charge is 0.357 e. The molecule has 0 spiro atoms. The third-order valence-corrected chi connectivity index (χ3v) is 4.37. The Kier molecular flexibility index (Phi) is 7.05. The molecule has 1 rings (SSSR count). The Balaban J connectivity index is 2.48. The predicted molar refractivity (Wildman–Crippen MR) is 82.8 cm³/mol. The van der Waals surface area contributed by atoms with Gasteiger partial charge in [0, 0.05) is 31.9 Å². The standard InChI is InChI=1S/C13H26N4OS/c1-5-14-13(15-9-12(18)17(2)3)16-10-6-7-11(8-10)19-4/h10-11H,5-9H2,1-4H3,(H2,14,15,16). The Morgan fingerprint density at radius 1 is 1.42 bits per heavy atom. The monoisotopic (exact) mass is 286 g/mol. The maximum atomic E-state index is 11.5. The van der Waals surface area contributed by atoms with E-state index in [0.717, 1.165) is 17.8 Å². The molecule has 110 valence electrons. The molecule has 6 heteroatoms. The van der Waals surface area contributed by atoms with Crippen LogP contribution in [0.1, 0.15) is 26.2 Å². The van der Waals surface area contributed by atoms with Crippen LogP contribution >= 0.6 is 11.8 Å². The second kappa shape index (κ2) is 8.30. The van der Waals surface area contributed by atoms with E-state index < -0.39 is 0 Å². The molecule has 0 aromatic rings. The Hall–Kier alpha value is -0.910. The summed E-state index contributed by atoms with van der Waals surface area (Å²) in [7, 11) is 3.50. The van der Waals surface area contributed by atoms with Crippen LogP contribution in [0.2, 0.25) is 0 Å². The molecule has 0 radical (unpaired) electrons. The van der Waals surface area contributed by atoms with Crippen LogP contribution in [0.3, 0.4) is 0 Å². The molecule has 2 unspecified atom stereocenters. The first-order valence-electron chi connectivity index (χ1n) is 6.84. The van der Waals surface area contributed by atoms with Gasteiger partial charge >= 0.3 is 0 Å². The van der Waals surface area contributed by atoms with Crippen LogP contribution < -0.4 is 10.6 Å². The van der Waals surface area contributed by atoms with E-state index in [1.165, 1.54) is 19.3 Å². The molecule has 2 N–H and O–H groups in total. The number of carbonyl (C=O) groups excluding carboxylic acids is 1. The van der Waals surface area contributed by atoms with Crippen molar-refractivity contribution in [3.8, 4) is 0 Å². The quantitative estimate of drug-likeness (QED) is 0.583. The van der Waals surface area contributed by atoms with E-state index in [2.05, 4.69) is 21.9 Å². The zero-order chi connectivity index (χ0) is 14.3. The number of carbonyl (C=O) groups is 1. The lowest BCUT2D eigenvalue weighted by atomic mass is 10.2. The van der Waals surface area contributed by atoms with Crippen molar-refractivity contribution in [1.82, 2.24) is 15.5 Å². The highest BCUT2D eigenvalue weighted by Crippen LogP contribution is 2.27. The molecule has 1 amide bonds. The topological polar surface area (TPSA) is 56.7 Å². The van der Waals surface area contributed by atoms with Gasteiger partial charge in [-0.05, 0) is 32.4 Å². The molecule has 1 saturated carbocycles. The Bertz CT molecular complexity index is 320. The summed E-state index contributed by atoms with van der Waals surface area (Å²) in [4.78, 5) is 17.5. The molecule has 0 aromatic heterocycles. The number of nitrogens with zero attached hydrogens (tertiary/aromatic N) is 2. The first kappa shape index (κ1) is 16.1. The molecular weight excluding hydrogens is 260 g/mol. The smallest absolute Gasteiger partial charge is 0.243 e. The lowest BCUT2D eigenvalue weighted by Crippen LogP contribution is -2.43. The van der Waals surface area contributed by atoms with Crippen molar-refractivity contribution in [2.24, 2.45) is 4.99 Å². The van der Waals surface area contributed by atoms with Gasteiger partial charge in [0.2, 0.25) is 5.91 Å². The molecule has 0 aliphatic heterocycles. The van der Waals surface area contributed by atoms with Crippen molar-refractivity contribution < 1.29 is 4.79 Å². The van der Waals surface area contributed by atoms with Crippen molar-refractivity contribution in [2.45, 2.75) is 37.5 Å². The van der Waals surface area contributed by atoms with Gasteiger partial charge in [-0.15, -0.1) is 0 Å². The van der Waals surface area contributed by atoms with Gasteiger partial charge in [-0.1, -0.05) is 0 Å². The second-order valence-electron chi connectivity index (χ2n) is 5.00. The van der Waals surface area contributed by atoms with Crippen LogP contribution in [0, 0.1) is 0 Å². The van der Waals surface area contributed by atoms with E-state index >= 15 is 0 Å². The number of aliphatic imine (C=N–C) groups is 1. The van der Waals surface area contributed by atoms with Crippen molar-refractivity contribution in [3.63, 3.8) is 0 Å². The van der Waals surface area contributed by atoms with E-state index in [0.29, 0.717) is 6.04 Å². The minimum absolute atomic E-state index is 0.0191. The Labute approximate surface area is 120 Å². The molecule has 2 atom stereocenters. The first-order chi connectivity index (χ1) is 9.06. The highest BCUT2D eigenvalue weighted by Gasteiger charge is 2.24. The van der Waals surface area contributed by atoms with Gasteiger partial charge < -0.3 is 15.5 Å². The molecule has 19 heavy (non-hydrogen) atoms. The normalized spacial score (nSPS) is 23.3. The summed E-state index contributed by atoms with van der Waals surface area (Å²) >= 11 is 1.94. The average molecular weight is 286 g/mol. The van der Waals surface area contributed by atoms with Crippen molar-refractivity contribution in [1.29, 1.82) is 0 Å². The summed E-state index contributed by atoms with van der Waals surface area (Å²) in [6.45, 7) is 3.03. The van der Waals surface area contributed by atoms with E-state index in [4.69, 9.17) is 0 Å². The summed E-state index contributed by atoms with van der Waals surface area (Å²) in [6.07, 6.45) is 5.78. The first-order valence-corrected chi connectivity index (χ1v) is 8.13. The number of guanidine groups is 1. The van der Waals surface area contributed by atoms with Gasteiger partial charge in [0.05, 0.1) is 0 Å². The van der Waals surface area contributed by atoms with Crippen LogP contribution in [0.4, 0.5) is 0 Å². The van der Waals surface area contributed by atoms with Crippen molar-refractivity contribution in [3.05, 3.63) is 0 Å². The minimum atomic E-state index is 0.0191. The zero-order valence-electron chi connectivity index (χ0n) is 12.4. The van der Waals surface area contributed by atoms with Gasteiger partial charge in [0.15, 0.2) is 5.96 Å². The summed E-state index contributed by atoms with van der Waals surface area (Å²) in [6, 6.07) is 0.477. The summed E-state index contributed by atoms with van der Waals surface area (Å²) in [5.74, 6) is 0.773. The van der Waals surface area contributed by atoms with Gasteiger partial charge in [0.1, 0.15) is 6.54 Å². The molecule has 1 aliphatic rings.